The summed E-state index contributed by atoms with van der Waals surface area (Å²) in [6, 6.07) is 3.78. The average Bonchev–Trinajstić information content (AvgIpc) is 2.36. The summed E-state index contributed by atoms with van der Waals surface area (Å²) in [5, 5.41) is 0. The third-order valence-corrected chi connectivity index (χ3v) is 3.01. The Labute approximate surface area is 104 Å². The van der Waals surface area contributed by atoms with Crippen LogP contribution in [0.4, 0.5) is 5.82 Å². The maximum atomic E-state index is 5.73. The fraction of sp³-hybridized carbons (Fsp3) is 0.643. The minimum absolute atomic E-state index is 0.558. The molecule has 96 valence electrons. The molecule has 1 heterocycles. The zero-order valence-electron chi connectivity index (χ0n) is 11.0. The van der Waals surface area contributed by atoms with Gasteiger partial charge in [0.1, 0.15) is 5.82 Å². The fourth-order valence-corrected chi connectivity index (χ4v) is 1.76. The van der Waals surface area contributed by atoms with Crippen molar-refractivity contribution in [2.75, 3.05) is 12.3 Å². The Hall–Kier alpha value is -1.09. The van der Waals surface area contributed by atoms with Gasteiger partial charge >= 0.3 is 0 Å². The highest BCUT2D eigenvalue weighted by molar-refractivity contribution is 5.28. The first-order chi connectivity index (χ1) is 8.26. The number of aromatic nitrogens is 1. The number of nitrogens with two attached hydrogens (primary N) is 1. The van der Waals surface area contributed by atoms with Crippen LogP contribution in [0.2, 0.25) is 0 Å². The highest BCUT2D eigenvalue weighted by Gasteiger charge is 2.05. The number of ether oxygens (including phenoxy) is 1. The van der Waals surface area contributed by atoms with Crippen LogP contribution in [-0.4, -0.2) is 11.6 Å². The van der Waals surface area contributed by atoms with Crippen molar-refractivity contribution >= 4 is 5.82 Å². The molecular weight excluding hydrogens is 212 g/mol. The molecule has 1 rings (SSSR count). The third-order valence-electron chi connectivity index (χ3n) is 3.01. The van der Waals surface area contributed by atoms with Crippen LogP contribution in [-0.2, 0) is 11.3 Å². The Morgan fingerprint density at radius 1 is 1.35 bits per heavy atom. The predicted molar refractivity (Wildman–Crippen MR) is 71.6 cm³/mol. The molecule has 0 radical (unpaired) electrons. The maximum Gasteiger partial charge on any atom is 0.123 e. The van der Waals surface area contributed by atoms with E-state index in [4.69, 9.17) is 10.5 Å². The zero-order chi connectivity index (χ0) is 12.5. The molecule has 0 saturated heterocycles. The van der Waals surface area contributed by atoms with Gasteiger partial charge in [0.2, 0.25) is 0 Å². The van der Waals surface area contributed by atoms with Crippen molar-refractivity contribution in [2.45, 2.75) is 46.1 Å². The molecule has 2 N–H and O–H groups in total. The summed E-state index contributed by atoms with van der Waals surface area (Å²) < 4.78 is 5.73. The summed E-state index contributed by atoms with van der Waals surface area (Å²) in [5.74, 6) is 1.25. The van der Waals surface area contributed by atoms with Gasteiger partial charge in [-0.3, -0.25) is 0 Å². The van der Waals surface area contributed by atoms with Crippen molar-refractivity contribution in [3.8, 4) is 0 Å². The second-order valence-corrected chi connectivity index (χ2v) is 4.52. The normalized spacial score (nSPS) is 12.6. The van der Waals surface area contributed by atoms with Gasteiger partial charge in [-0.2, -0.15) is 0 Å². The third kappa shape index (κ3) is 5.68. The molecule has 3 heteroatoms. The van der Waals surface area contributed by atoms with Gasteiger partial charge in [0.25, 0.3) is 0 Å². The highest BCUT2D eigenvalue weighted by Crippen LogP contribution is 2.13. The van der Waals surface area contributed by atoms with Crippen LogP contribution in [0.25, 0.3) is 0 Å². The number of rotatable bonds is 8. The van der Waals surface area contributed by atoms with Crippen molar-refractivity contribution in [1.82, 2.24) is 4.98 Å². The molecule has 1 atom stereocenters. The Bertz CT molecular complexity index is 298. The number of anilines is 1. The van der Waals surface area contributed by atoms with Gasteiger partial charge in [-0.25, -0.2) is 4.98 Å². The summed E-state index contributed by atoms with van der Waals surface area (Å²) in [7, 11) is 0. The van der Waals surface area contributed by atoms with E-state index in [1.807, 2.05) is 12.1 Å². The van der Waals surface area contributed by atoms with Crippen LogP contribution in [0.1, 0.15) is 45.1 Å². The SMILES string of the molecule is CCCCC(CC)COCc1ccc(N)nc1. The van der Waals surface area contributed by atoms with Gasteiger partial charge in [-0.1, -0.05) is 39.2 Å². The Kier molecular flexibility index (Phi) is 6.63. The van der Waals surface area contributed by atoms with Gasteiger partial charge in [0.05, 0.1) is 6.61 Å². The Balaban J connectivity index is 2.23. The molecule has 0 saturated carbocycles. The van der Waals surface area contributed by atoms with Gasteiger partial charge in [-0.05, 0) is 24.0 Å². The lowest BCUT2D eigenvalue weighted by Crippen LogP contribution is -2.09. The minimum atomic E-state index is 0.558. The van der Waals surface area contributed by atoms with E-state index in [0.29, 0.717) is 18.3 Å². The summed E-state index contributed by atoms with van der Waals surface area (Å²) in [5.41, 5.74) is 6.62. The van der Waals surface area contributed by atoms with E-state index < -0.39 is 0 Å². The number of pyridine rings is 1. The lowest BCUT2D eigenvalue weighted by atomic mass is 10.0. The molecule has 17 heavy (non-hydrogen) atoms. The first kappa shape index (κ1) is 14.0. The second-order valence-electron chi connectivity index (χ2n) is 4.52. The van der Waals surface area contributed by atoms with Gasteiger partial charge < -0.3 is 10.5 Å². The van der Waals surface area contributed by atoms with Crippen LogP contribution in [0.3, 0.4) is 0 Å². The number of nitrogen functional groups attached to an aromatic ring is 1. The number of hydrogen-bond donors (Lipinski definition) is 1. The van der Waals surface area contributed by atoms with E-state index >= 15 is 0 Å². The standard InChI is InChI=1S/C14H24N2O/c1-3-5-6-12(4-2)10-17-11-13-7-8-14(15)16-9-13/h7-9,12H,3-6,10-11H2,1-2H3,(H2,15,16). The van der Waals surface area contributed by atoms with E-state index in [1.165, 1.54) is 25.7 Å². The van der Waals surface area contributed by atoms with E-state index in [1.54, 1.807) is 6.20 Å². The first-order valence-corrected chi connectivity index (χ1v) is 6.54. The lowest BCUT2D eigenvalue weighted by Gasteiger charge is -2.14. The van der Waals surface area contributed by atoms with Crippen molar-refractivity contribution in [3.05, 3.63) is 23.9 Å². The van der Waals surface area contributed by atoms with Crippen molar-refractivity contribution in [2.24, 2.45) is 5.92 Å². The number of nitrogens with zero attached hydrogens (tertiary/aromatic N) is 1. The molecule has 1 aromatic rings. The summed E-state index contributed by atoms with van der Waals surface area (Å²) in [4.78, 5) is 4.04. The van der Waals surface area contributed by atoms with Crippen LogP contribution in [0, 0.1) is 5.92 Å². The molecular formula is C14H24N2O. The van der Waals surface area contributed by atoms with Crippen molar-refractivity contribution in [3.63, 3.8) is 0 Å². The van der Waals surface area contributed by atoms with Gasteiger partial charge in [0, 0.05) is 12.8 Å². The molecule has 1 aromatic heterocycles. The lowest BCUT2D eigenvalue weighted by molar-refractivity contribution is 0.0818. The zero-order valence-corrected chi connectivity index (χ0v) is 11.0. The first-order valence-electron chi connectivity index (χ1n) is 6.54. The molecule has 0 aliphatic rings. The van der Waals surface area contributed by atoms with Crippen LogP contribution < -0.4 is 5.73 Å². The molecule has 0 bridgehead atoms. The summed E-state index contributed by atoms with van der Waals surface area (Å²) in [6.07, 6.45) is 6.80. The Morgan fingerprint density at radius 2 is 2.18 bits per heavy atom. The minimum Gasteiger partial charge on any atom is -0.384 e. The quantitative estimate of drug-likeness (QED) is 0.752. The maximum absolute atomic E-state index is 5.73. The molecule has 0 aliphatic heterocycles. The highest BCUT2D eigenvalue weighted by atomic mass is 16.5. The van der Waals surface area contributed by atoms with Gasteiger partial charge in [-0.15, -0.1) is 0 Å². The monoisotopic (exact) mass is 236 g/mol. The second kappa shape index (κ2) is 8.07. The molecule has 0 fully saturated rings. The predicted octanol–water partition coefficient (Wildman–Crippen LogP) is 3.40. The molecule has 1 unspecified atom stereocenters. The summed E-state index contributed by atoms with van der Waals surface area (Å²) in [6.45, 7) is 5.94. The van der Waals surface area contributed by atoms with E-state index in [-0.39, 0.29) is 0 Å². The molecule has 0 spiro atoms. The molecule has 3 nitrogen and oxygen atoms in total. The van der Waals surface area contributed by atoms with E-state index in [9.17, 15) is 0 Å². The number of hydrogen-bond acceptors (Lipinski definition) is 3. The number of unbranched alkanes of at least 4 members (excludes halogenated alkanes) is 1. The fourth-order valence-electron chi connectivity index (χ4n) is 1.76. The van der Waals surface area contributed by atoms with Crippen LogP contribution in [0.5, 0.6) is 0 Å². The smallest absolute Gasteiger partial charge is 0.123 e. The Morgan fingerprint density at radius 3 is 2.76 bits per heavy atom. The largest absolute Gasteiger partial charge is 0.384 e. The van der Waals surface area contributed by atoms with Gasteiger partial charge in [0.15, 0.2) is 0 Å². The van der Waals surface area contributed by atoms with Crippen LogP contribution in [0.15, 0.2) is 18.3 Å². The van der Waals surface area contributed by atoms with Crippen molar-refractivity contribution in [1.29, 1.82) is 0 Å². The van der Waals surface area contributed by atoms with E-state index in [2.05, 4.69) is 18.8 Å². The van der Waals surface area contributed by atoms with Crippen LogP contribution >= 0.6 is 0 Å². The molecule has 0 amide bonds. The molecule has 0 aliphatic carbocycles. The average molecular weight is 236 g/mol. The van der Waals surface area contributed by atoms with E-state index in [0.717, 1.165) is 12.2 Å². The topological polar surface area (TPSA) is 48.1 Å². The van der Waals surface area contributed by atoms with Crippen molar-refractivity contribution < 1.29 is 4.74 Å². The summed E-state index contributed by atoms with van der Waals surface area (Å²) >= 11 is 0. The molecule has 0 aromatic carbocycles.